The second kappa shape index (κ2) is 5.74. The highest BCUT2D eigenvalue weighted by Gasteiger charge is 2.32. The van der Waals surface area contributed by atoms with Gasteiger partial charge in [-0.15, -0.1) is 0 Å². The maximum Gasteiger partial charge on any atom is 0.0196 e. The van der Waals surface area contributed by atoms with Gasteiger partial charge in [0.2, 0.25) is 0 Å². The van der Waals surface area contributed by atoms with Crippen molar-refractivity contribution in [1.82, 2.24) is 10.2 Å². The lowest BCUT2D eigenvalue weighted by Crippen LogP contribution is -2.58. The summed E-state index contributed by atoms with van der Waals surface area (Å²) in [5, 5.41) is 4.49. The highest BCUT2D eigenvalue weighted by Crippen LogP contribution is 2.31. The van der Waals surface area contributed by atoms with Crippen LogP contribution in [0.4, 0.5) is 0 Å². The molecule has 0 aromatic heterocycles. The second-order valence-corrected chi connectivity index (χ2v) is 6.67. The molecule has 94 valence electrons. The summed E-state index contributed by atoms with van der Waals surface area (Å²) >= 11 is 2.07. The molecule has 1 aliphatic heterocycles. The molecule has 0 radical (unpaired) electrons. The molecule has 4 unspecified atom stereocenters. The molecule has 0 bridgehead atoms. The van der Waals surface area contributed by atoms with E-state index in [9.17, 15) is 0 Å². The van der Waals surface area contributed by atoms with Crippen molar-refractivity contribution in [1.29, 1.82) is 0 Å². The average molecular weight is 242 g/mol. The lowest BCUT2D eigenvalue weighted by atomic mass is 9.91. The maximum atomic E-state index is 3.58. The Morgan fingerprint density at radius 2 is 2.06 bits per heavy atom. The molecule has 16 heavy (non-hydrogen) atoms. The fraction of sp³-hybridized carbons (Fsp3) is 1.00. The molecular formula is C13H26N2S. The first-order chi connectivity index (χ1) is 7.70. The first-order valence-corrected chi connectivity index (χ1v) is 8.01. The Balaban J connectivity index is 1.94. The van der Waals surface area contributed by atoms with E-state index in [1.807, 2.05) is 0 Å². The van der Waals surface area contributed by atoms with Crippen LogP contribution in [0, 0.1) is 0 Å². The molecule has 1 N–H and O–H groups in total. The number of rotatable bonds is 2. The van der Waals surface area contributed by atoms with E-state index >= 15 is 0 Å². The summed E-state index contributed by atoms with van der Waals surface area (Å²) in [5.41, 5.74) is 0. The van der Waals surface area contributed by atoms with Crippen LogP contribution in [0.2, 0.25) is 0 Å². The van der Waals surface area contributed by atoms with Crippen molar-refractivity contribution in [2.75, 3.05) is 19.3 Å². The predicted octanol–water partition coefficient (Wildman–Crippen LogP) is 2.34. The topological polar surface area (TPSA) is 15.3 Å². The summed E-state index contributed by atoms with van der Waals surface area (Å²) in [7, 11) is 0. The second-order valence-electron chi connectivity index (χ2n) is 5.53. The maximum absolute atomic E-state index is 3.58. The van der Waals surface area contributed by atoms with E-state index in [1.165, 1.54) is 38.8 Å². The zero-order chi connectivity index (χ0) is 11.5. The highest BCUT2D eigenvalue weighted by molar-refractivity contribution is 7.99. The van der Waals surface area contributed by atoms with Gasteiger partial charge >= 0.3 is 0 Å². The summed E-state index contributed by atoms with van der Waals surface area (Å²) in [4.78, 5) is 2.77. The fourth-order valence-electron chi connectivity index (χ4n) is 3.19. The normalized spacial score (nSPS) is 42.2. The Morgan fingerprint density at radius 3 is 2.81 bits per heavy atom. The van der Waals surface area contributed by atoms with E-state index in [0.29, 0.717) is 6.04 Å². The smallest absolute Gasteiger partial charge is 0.0196 e. The molecule has 0 amide bonds. The molecular weight excluding hydrogens is 216 g/mol. The van der Waals surface area contributed by atoms with Crippen LogP contribution in [-0.4, -0.2) is 47.6 Å². The van der Waals surface area contributed by atoms with Crippen LogP contribution >= 0.6 is 11.8 Å². The third kappa shape index (κ3) is 2.93. The van der Waals surface area contributed by atoms with Crippen LogP contribution < -0.4 is 5.32 Å². The Morgan fingerprint density at radius 1 is 1.25 bits per heavy atom. The van der Waals surface area contributed by atoms with Gasteiger partial charge in [0, 0.05) is 36.5 Å². The highest BCUT2D eigenvalue weighted by atomic mass is 32.2. The van der Waals surface area contributed by atoms with E-state index in [4.69, 9.17) is 0 Å². The van der Waals surface area contributed by atoms with Gasteiger partial charge in [-0.05, 0) is 39.4 Å². The van der Waals surface area contributed by atoms with Crippen molar-refractivity contribution in [2.45, 2.75) is 62.9 Å². The fourth-order valence-corrected chi connectivity index (χ4v) is 4.01. The van der Waals surface area contributed by atoms with Gasteiger partial charge in [-0.25, -0.2) is 0 Å². The number of nitrogens with one attached hydrogen (secondary N) is 1. The molecule has 2 fully saturated rings. The third-order valence-electron chi connectivity index (χ3n) is 4.21. The van der Waals surface area contributed by atoms with Crippen LogP contribution in [0.1, 0.15) is 39.5 Å². The van der Waals surface area contributed by atoms with Gasteiger partial charge in [-0.3, -0.25) is 4.90 Å². The van der Waals surface area contributed by atoms with Crippen LogP contribution in [0.25, 0.3) is 0 Å². The van der Waals surface area contributed by atoms with Gasteiger partial charge < -0.3 is 5.32 Å². The molecule has 2 nitrogen and oxygen atoms in total. The van der Waals surface area contributed by atoms with Crippen molar-refractivity contribution in [3.8, 4) is 0 Å². The van der Waals surface area contributed by atoms with E-state index in [-0.39, 0.29) is 0 Å². The van der Waals surface area contributed by atoms with Crippen molar-refractivity contribution in [3.63, 3.8) is 0 Å². The zero-order valence-corrected chi connectivity index (χ0v) is 11.7. The summed E-state index contributed by atoms with van der Waals surface area (Å²) < 4.78 is 0. The van der Waals surface area contributed by atoms with Crippen molar-refractivity contribution >= 4 is 11.8 Å². The van der Waals surface area contributed by atoms with Gasteiger partial charge in [0.05, 0.1) is 0 Å². The molecule has 0 spiro atoms. The van der Waals surface area contributed by atoms with E-state index in [0.717, 1.165) is 17.3 Å². The van der Waals surface area contributed by atoms with E-state index in [2.05, 4.69) is 42.1 Å². The summed E-state index contributed by atoms with van der Waals surface area (Å²) in [5.74, 6) is 0. The van der Waals surface area contributed by atoms with Crippen molar-refractivity contribution in [3.05, 3.63) is 0 Å². The summed E-state index contributed by atoms with van der Waals surface area (Å²) in [6, 6.07) is 2.25. The number of hydrogen-bond donors (Lipinski definition) is 1. The van der Waals surface area contributed by atoms with E-state index in [1.54, 1.807) is 0 Å². The number of hydrogen-bond acceptors (Lipinski definition) is 3. The average Bonchev–Trinajstić information content (AvgIpc) is 2.32. The Labute approximate surface area is 105 Å². The predicted molar refractivity (Wildman–Crippen MR) is 73.2 cm³/mol. The quantitative estimate of drug-likeness (QED) is 0.800. The SMILES string of the molecule is CSC1CCCC(N2CC(C)NCC2C)C1. The number of piperazine rings is 1. The minimum Gasteiger partial charge on any atom is -0.311 e. The van der Waals surface area contributed by atoms with E-state index < -0.39 is 0 Å². The molecule has 2 aliphatic rings. The molecule has 0 aromatic rings. The van der Waals surface area contributed by atoms with Crippen LogP contribution in [0.5, 0.6) is 0 Å². The number of nitrogens with zero attached hydrogens (tertiary/aromatic N) is 1. The molecule has 1 aliphatic carbocycles. The summed E-state index contributed by atoms with van der Waals surface area (Å²) in [6.45, 7) is 7.10. The van der Waals surface area contributed by atoms with Crippen LogP contribution in [-0.2, 0) is 0 Å². The number of thioether (sulfide) groups is 1. The van der Waals surface area contributed by atoms with Gasteiger partial charge in [-0.2, -0.15) is 11.8 Å². The van der Waals surface area contributed by atoms with Gasteiger partial charge in [-0.1, -0.05) is 6.42 Å². The lowest BCUT2D eigenvalue weighted by Gasteiger charge is -2.45. The lowest BCUT2D eigenvalue weighted by molar-refractivity contribution is 0.0752. The zero-order valence-electron chi connectivity index (χ0n) is 10.9. The van der Waals surface area contributed by atoms with Gasteiger partial charge in [0.1, 0.15) is 0 Å². The molecule has 1 saturated carbocycles. The first kappa shape index (κ1) is 12.7. The van der Waals surface area contributed by atoms with Crippen molar-refractivity contribution < 1.29 is 0 Å². The Kier molecular flexibility index (Phi) is 4.57. The first-order valence-electron chi connectivity index (χ1n) is 6.72. The standard InChI is InChI=1S/C13H26N2S/c1-10-9-15(11(2)8-14-10)12-5-4-6-13(7-12)16-3/h10-14H,4-9H2,1-3H3. The van der Waals surface area contributed by atoms with Crippen molar-refractivity contribution in [2.24, 2.45) is 0 Å². The Hall–Kier alpha value is 0.270. The molecule has 1 saturated heterocycles. The van der Waals surface area contributed by atoms with Gasteiger partial charge in [0.15, 0.2) is 0 Å². The molecule has 1 heterocycles. The van der Waals surface area contributed by atoms with Gasteiger partial charge in [0.25, 0.3) is 0 Å². The largest absolute Gasteiger partial charge is 0.311 e. The molecule has 4 atom stereocenters. The molecule has 3 heteroatoms. The third-order valence-corrected chi connectivity index (χ3v) is 5.31. The molecule has 2 rings (SSSR count). The summed E-state index contributed by atoms with van der Waals surface area (Å²) in [6.07, 6.45) is 7.98. The molecule has 0 aromatic carbocycles. The van der Waals surface area contributed by atoms with Crippen LogP contribution in [0.3, 0.4) is 0 Å². The monoisotopic (exact) mass is 242 g/mol. The Bertz CT molecular complexity index is 222. The van der Waals surface area contributed by atoms with Crippen LogP contribution in [0.15, 0.2) is 0 Å². The minimum absolute atomic E-state index is 0.672. The minimum atomic E-state index is 0.672.